The van der Waals surface area contributed by atoms with E-state index in [2.05, 4.69) is 15.3 Å². The second-order valence-electron chi connectivity index (χ2n) is 6.47. The molecule has 136 valence electrons. The van der Waals surface area contributed by atoms with Crippen LogP contribution in [0.2, 0.25) is 0 Å². The second kappa shape index (κ2) is 6.61. The van der Waals surface area contributed by atoms with Gasteiger partial charge < -0.3 is 25.4 Å². The third-order valence-electron chi connectivity index (χ3n) is 4.82. The van der Waals surface area contributed by atoms with Gasteiger partial charge in [0.2, 0.25) is 5.95 Å². The number of nitrogens with zero attached hydrogens (tertiary/aromatic N) is 3. The molecule has 1 aliphatic carbocycles. The maximum atomic E-state index is 12.4. The van der Waals surface area contributed by atoms with Gasteiger partial charge in [0.05, 0.1) is 17.5 Å². The monoisotopic (exact) mass is 368 g/mol. The van der Waals surface area contributed by atoms with Gasteiger partial charge in [0.15, 0.2) is 11.9 Å². The van der Waals surface area contributed by atoms with Gasteiger partial charge in [0.25, 0.3) is 0 Å². The summed E-state index contributed by atoms with van der Waals surface area (Å²) in [7, 11) is 0. The number of nitrogens with one attached hydrogen (secondary N) is 1. The molecule has 1 saturated heterocycles. The summed E-state index contributed by atoms with van der Waals surface area (Å²) in [5.41, 5.74) is 0.348. The minimum atomic E-state index is -1.33. The summed E-state index contributed by atoms with van der Waals surface area (Å²) in [5, 5.41) is 32.7. The number of rotatable bonds is 4. The van der Waals surface area contributed by atoms with Gasteiger partial charge in [-0.15, -0.1) is 0 Å². The Morgan fingerprint density at radius 1 is 1.32 bits per heavy atom. The second-order valence-corrected chi connectivity index (χ2v) is 7.47. The Labute approximate surface area is 146 Å². The van der Waals surface area contributed by atoms with Crippen LogP contribution in [0.15, 0.2) is 11.0 Å². The first-order valence-electron chi connectivity index (χ1n) is 8.35. The topological polar surface area (TPSA) is 130 Å². The summed E-state index contributed by atoms with van der Waals surface area (Å²) in [6.45, 7) is -0.449. The number of aliphatic hydroxyl groups excluding tert-OH is 3. The molecule has 0 spiro atoms. The molecule has 9 nitrogen and oxygen atoms in total. The predicted octanol–water partition coefficient (Wildman–Crippen LogP) is -0.181. The molecule has 2 aliphatic rings. The molecule has 3 heterocycles. The van der Waals surface area contributed by atoms with E-state index in [1.165, 1.54) is 17.4 Å². The molecule has 4 rings (SSSR count). The maximum absolute atomic E-state index is 12.4. The molecule has 2 fully saturated rings. The Kier molecular flexibility index (Phi) is 4.46. The van der Waals surface area contributed by atoms with E-state index in [9.17, 15) is 20.1 Å². The van der Waals surface area contributed by atoms with Gasteiger partial charge in [-0.3, -0.25) is 9.36 Å². The number of hydrogen-bond donors (Lipinski definition) is 4. The van der Waals surface area contributed by atoms with Crippen molar-refractivity contribution in [2.45, 2.75) is 56.3 Å². The number of ether oxygens (including phenoxy) is 1. The highest BCUT2D eigenvalue weighted by Crippen LogP contribution is 2.31. The molecular weight excluding hydrogens is 348 g/mol. The summed E-state index contributed by atoms with van der Waals surface area (Å²) >= 11 is 0.949. The fourth-order valence-corrected chi connectivity index (χ4v) is 4.29. The predicted molar refractivity (Wildman–Crippen MR) is 90.6 cm³/mol. The van der Waals surface area contributed by atoms with Crippen LogP contribution in [0.5, 0.6) is 0 Å². The van der Waals surface area contributed by atoms with Crippen LogP contribution in [0, 0.1) is 0 Å². The average Bonchev–Trinajstić information content (AvgIpc) is 3.28. The first-order valence-corrected chi connectivity index (χ1v) is 9.17. The highest BCUT2D eigenvalue weighted by atomic mass is 32.1. The van der Waals surface area contributed by atoms with Crippen LogP contribution in [-0.4, -0.2) is 60.8 Å². The number of thiazole rings is 1. The van der Waals surface area contributed by atoms with Gasteiger partial charge in [-0.2, -0.15) is 4.98 Å². The minimum absolute atomic E-state index is 0.324. The molecule has 4 N–H and O–H groups in total. The van der Waals surface area contributed by atoms with Gasteiger partial charge in [-0.1, -0.05) is 24.2 Å². The SMILES string of the molecule is O=c1sc2cnc(NC3CCCC3)nc2n1[C@@H]1O[C@H](CO)[C@@H](O)[C@H]1O. The van der Waals surface area contributed by atoms with Crippen molar-refractivity contribution in [2.24, 2.45) is 0 Å². The largest absolute Gasteiger partial charge is 0.394 e. The number of aliphatic hydroxyl groups is 3. The Balaban J connectivity index is 1.70. The Bertz CT molecular complexity index is 818. The van der Waals surface area contributed by atoms with Crippen LogP contribution in [0.4, 0.5) is 5.95 Å². The Morgan fingerprint density at radius 2 is 2.08 bits per heavy atom. The van der Waals surface area contributed by atoms with Crippen LogP contribution in [0.1, 0.15) is 31.9 Å². The standard InChI is InChI=1S/C15H20N4O5S/c20-6-8-10(21)11(22)13(24-8)19-12-9(25-15(19)23)5-16-14(18-12)17-7-3-1-2-4-7/h5,7-8,10-11,13,20-22H,1-4,6H2,(H,16,17,18)/t8-,10-,11-,13-/m1/s1. The van der Waals surface area contributed by atoms with Gasteiger partial charge in [-0.25, -0.2) is 4.98 Å². The Hall–Kier alpha value is -1.59. The van der Waals surface area contributed by atoms with E-state index < -0.39 is 31.1 Å². The normalized spacial score (nSPS) is 30.4. The lowest BCUT2D eigenvalue weighted by Gasteiger charge is -2.16. The molecule has 1 saturated carbocycles. The lowest BCUT2D eigenvalue weighted by atomic mass is 10.1. The fourth-order valence-electron chi connectivity index (χ4n) is 3.48. The van der Waals surface area contributed by atoms with Crippen LogP contribution in [0.3, 0.4) is 0 Å². The van der Waals surface area contributed by atoms with E-state index in [1.54, 1.807) is 6.20 Å². The van der Waals surface area contributed by atoms with Crippen LogP contribution in [-0.2, 0) is 4.74 Å². The van der Waals surface area contributed by atoms with Gasteiger partial charge in [0.1, 0.15) is 18.3 Å². The van der Waals surface area contributed by atoms with E-state index >= 15 is 0 Å². The van der Waals surface area contributed by atoms with Crippen LogP contribution >= 0.6 is 11.3 Å². The zero-order valence-electron chi connectivity index (χ0n) is 13.4. The van der Waals surface area contributed by atoms with Crippen molar-refractivity contribution in [3.63, 3.8) is 0 Å². The molecule has 25 heavy (non-hydrogen) atoms. The summed E-state index contributed by atoms with van der Waals surface area (Å²) < 4.78 is 7.28. The number of hydrogen-bond acceptors (Lipinski definition) is 9. The fraction of sp³-hybridized carbons (Fsp3) is 0.667. The van der Waals surface area contributed by atoms with Crippen molar-refractivity contribution in [1.29, 1.82) is 0 Å². The highest BCUT2D eigenvalue weighted by Gasteiger charge is 2.44. The van der Waals surface area contributed by atoms with Crippen molar-refractivity contribution in [3.8, 4) is 0 Å². The molecule has 0 unspecified atom stereocenters. The highest BCUT2D eigenvalue weighted by molar-refractivity contribution is 7.16. The van der Waals surface area contributed by atoms with Gasteiger partial charge in [-0.05, 0) is 12.8 Å². The molecule has 0 bridgehead atoms. The molecule has 2 aromatic rings. The van der Waals surface area contributed by atoms with E-state index in [-0.39, 0.29) is 4.87 Å². The summed E-state index contributed by atoms with van der Waals surface area (Å²) in [5.74, 6) is 0.428. The zero-order valence-corrected chi connectivity index (χ0v) is 14.2. The van der Waals surface area contributed by atoms with E-state index in [1.807, 2.05) is 0 Å². The van der Waals surface area contributed by atoms with Gasteiger partial charge in [0, 0.05) is 6.04 Å². The van der Waals surface area contributed by atoms with Crippen LogP contribution in [0.25, 0.3) is 10.3 Å². The Morgan fingerprint density at radius 3 is 2.76 bits per heavy atom. The number of aromatic nitrogens is 3. The quantitative estimate of drug-likeness (QED) is 0.585. The summed E-state index contributed by atoms with van der Waals surface area (Å²) in [6.07, 6.45) is 1.41. The average molecular weight is 368 g/mol. The van der Waals surface area contributed by atoms with E-state index in [0.717, 1.165) is 24.2 Å². The summed E-state index contributed by atoms with van der Waals surface area (Å²) in [6, 6.07) is 0.324. The molecule has 0 amide bonds. The molecule has 10 heteroatoms. The lowest BCUT2D eigenvalue weighted by molar-refractivity contribution is -0.0518. The smallest absolute Gasteiger partial charge is 0.311 e. The number of fused-ring (bicyclic) bond motifs is 1. The van der Waals surface area contributed by atoms with E-state index in [0.29, 0.717) is 22.3 Å². The third-order valence-corrected chi connectivity index (χ3v) is 5.70. The minimum Gasteiger partial charge on any atom is -0.394 e. The third kappa shape index (κ3) is 2.93. The molecular formula is C15H20N4O5S. The first-order chi connectivity index (χ1) is 12.1. The van der Waals surface area contributed by atoms with Crippen molar-refractivity contribution in [1.82, 2.24) is 14.5 Å². The molecule has 0 radical (unpaired) electrons. The lowest BCUT2D eigenvalue weighted by Crippen LogP contribution is -2.34. The molecule has 2 aromatic heterocycles. The number of anilines is 1. The molecule has 0 aromatic carbocycles. The first kappa shape index (κ1) is 16.9. The van der Waals surface area contributed by atoms with Gasteiger partial charge >= 0.3 is 4.87 Å². The van der Waals surface area contributed by atoms with E-state index in [4.69, 9.17) is 4.74 Å². The summed E-state index contributed by atoms with van der Waals surface area (Å²) in [4.78, 5) is 20.7. The molecule has 4 atom stereocenters. The zero-order chi connectivity index (χ0) is 17.6. The molecule has 1 aliphatic heterocycles. The van der Waals surface area contributed by atoms with Crippen molar-refractivity contribution < 1.29 is 20.1 Å². The van der Waals surface area contributed by atoms with Crippen molar-refractivity contribution >= 4 is 27.6 Å². The van der Waals surface area contributed by atoms with Crippen LogP contribution < -0.4 is 10.2 Å². The van der Waals surface area contributed by atoms with Crippen molar-refractivity contribution in [2.75, 3.05) is 11.9 Å². The maximum Gasteiger partial charge on any atom is 0.311 e. The van der Waals surface area contributed by atoms with Crippen molar-refractivity contribution in [3.05, 3.63) is 15.9 Å².